The number of rotatable bonds is 4. The lowest BCUT2D eigenvalue weighted by Gasteiger charge is -2.13. The van der Waals surface area contributed by atoms with E-state index in [1.165, 1.54) is 6.33 Å². The van der Waals surface area contributed by atoms with Crippen molar-refractivity contribution >= 4 is 16.9 Å². The first kappa shape index (κ1) is 14.2. The van der Waals surface area contributed by atoms with E-state index in [4.69, 9.17) is 0 Å². The number of carbonyl (C=O) groups is 1. The molecular weight excluding hydrogens is 280 g/mol. The maximum absolute atomic E-state index is 12.2. The third-order valence-corrected chi connectivity index (χ3v) is 3.54. The Balaban J connectivity index is 1.68. The second-order valence-electron chi connectivity index (χ2n) is 5.38. The number of aromatic nitrogens is 5. The van der Waals surface area contributed by atoms with Gasteiger partial charge in [-0.15, -0.1) is 0 Å². The van der Waals surface area contributed by atoms with Crippen LogP contribution in [0.25, 0.3) is 11.0 Å². The molecule has 2 aromatic heterocycles. The summed E-state index contributed by atoms with van der Waals surface area (Å²) in [6.07, 6.45) is 1.79. The van der Waals surface area contributed by atoms with Crippen LogP contribution in [0.15, 0.2) is 24.5 Å². The highest BCUT2D eigenvalue weighted by Crippen LogP contribution is 2.14. The molecule has 2 heterocycles. The molecule has 1 unspecified atom stereocenters. The van der Waals surface area contributed by atoms with Gasteiger partial charge in [-0.3, -0.25) is 9.48 Å². The molecular formula is C15H18N6O. The quantitative estimate of drug-likeness (QED) is 0.762. The predicted octanol–water partition coefficient (Wildman–Crippen LogP) is 1.42. The number of nitrogens with one attached hydrogen (secondary N) is 2. The maximum atomic E-state index is 12.2. The van der Waals surface area contributed by atoms with E-state index in [0.29, 0.717) is 6.42 Å². The molecule has 0 fully saturated rings. The largest absolute Gasteiger partial charge is 0.346 e. The van der Waals surface area contributed by atoms with Gasteiger partial charge in [-0.2, -0.15) is 5.10 Å². The highest BCUT2D eigenvalue weighted by molar-refractivity contribution is 5.81. The predicted molar refractivity (Wildman–Crippen MR) is 82.1 cm³/mol. The molecule has 2 N–H and O–H groups in total. The molecule has 0 bridgehead atoms. The number of carbonyl (C=O) groups excluding carboxylic acids is 1. The molecule has 0 saturated heterocycles. The van der Waals surface area contributed by atoms with Crippen molar-refractivity contribution in [2.45, 2.75) is 26.3 Å². The molecule has 1 amide bonds. The Morgan fingerprint density at radius 1 is 1.45 bits per heavy atom. The SMILES string of the molecule is Cc1nc2ccc(CC(=O)NC(C)c3ncnn3C)cc2[nH]1. The van der Waals surface area contributed by atoms with E-state index in [-0.39, 0.29) is 11.9 Å². The number of hydrogen-bond donors (Lipinski definition) is 2. The van der Waals surface area contributed by atoms with Gasteiger partial charge in [-0.05, 0) is 31.5 Å². The van der Waals surface area contributed by atoms with Crippen molar-refractivity contribution in [1.82, 2.24) is 30.0 Å². The van der Waals surface area contributed by atoms with E-state index >= 15 is 0 Å². The van der Waals surface area contributed by atoms with E-state index in [2.05, 4.69) is 25.4 Å². The number of aryl methyl sites for hydroxylation is 2. The topological polar surface area (TPSA) is 88.5 Å². The second kappa shape index (κ2) is 5.59. The lowest BCUT2D eigenvalue weighted by Crippen LogP contribution is -2.29. The molecule has 0 aliphatic carbocycles. The van der Waals surface area contributed by atoms with Crippen molar-refractivity contribution in [3.8, 4) is 0 Å². The van der Waals surface area contributed by atoms with Gasteiger partial charge in [0.05, 0.1) is 23.5 Å². The van der Waals surface area contributed by atoms with Crippen LogP contribution in [-0.4, -0.2) is 30.6 Å². The summed E-state index contributed by atoms with van der Waals surface area (Å²) in [5, 5.41) is 6.95. The fourth-order valence-electron chi connectivity index (χ4n) is 2.53. The number of hydrogen-bond acceptors (Lipinski definition) is 4. The highest BCUT2D eigenvalue weighted by atomic mass is 16.1. The van der Waals surface area contributed by atoms with Crippen LogP contribution in [0, 0.1) is 6.92 Å². The average Bonchev–Trinajstić information content (AvgIpc) is 3.02. The minimum absolute atomic E-state index is 0.0499. The van der Waals surface area contributed by atoms with Gasteiger partial charge in [-0.1, -0.05) is 6.07 Å². The van der Waals surface area contributed by atoms with Crippen molar-refractivity contribution in [2.24, 2.45) is 7.05 Å². The Bertz CT molecular complexity index is 818. The average molecular weight is 298 g/mol. The summed E-state index contributed by atoms with van der Waals surface area (Å²) in [4.78, 5) is 23.8. The molecule has 0 aliphatic heterocycles. The molecule has 0 spiro atoms. The number of amides is 1. The summed E-state index contributed by atoms with van der Waals surface area (Å²) in [5.74, 6) is 1.55. The molecule has 0 saturated carbocycles. The van der Waals surface area contributed by atoms with Gasteiger partial charge in [0.25, 0.3) is 0 Å². The minimum Gasteiger partial charge on any atom is -0.346 e. The first-order chi connectivity index (χ1) is 10.5. The van der Waals surface area contributed by atoms with E-state index in [1.54, 1.807) is 11.7 Å². The second-order valence-corrected chi connectivity index (χ2v) is 5.38. The Hall–Kier alpha value is -2.70. The number of imidazole rings is 1. The van der Waals surface area contributed by atoms with Gasteiger partial charge in [0, 0.05) is 7.05 Å². The lowest BCUT2D eigenvalue weighted by molar-refractivity contribution is -0.121. The summed E-state index contributed by atoms with van der Waals surface area (Å²) < 4.78 is 1.66. The van der Waals surface area contributed by atoms with Gasteiger partial charge < -0.3 is 10.3 Å². The molecule has 3 aromatic rings. The third-order valence-electron chi connectivity index (χ3n) is 3.54. The molecule has 7 nitrogen and oxygen atoms in total. The van der Waals surface area contributed by atoms with Crippen molar-refractivity contribution in [3.63, 3.8) is 0 Å². The zero-order chi connectivity index (χ0) is 15.7. The van der Waals surface area contributed by atoms with Crippen LogP contribution >= 0.6 is 0 Å². The Morgan fingerprint density at radius 3 is 3.00 bits per heavy atom. The standard InChI is InChI=1S/C15H18N6O/c1-9(15-16-8-17-21(15)3)18-14(22)7-11-4-5-12-13(6-11)20-10(2)19-12/h4-6,8-9H,7H2,1-3H3,(H,18,22)(H,19,20). The van der Waals surface area contributed by atoms with Gasteiger partial charge in [0.1, 0.15) is 18.0 Å². The number of aromatic amines is 1. The van der Waals surface area contributed by atoms with Crippen LogP contribution in [0.2, 0.25) is 0 Å². The summed E-state index contributed by atoms with van der Waals surface area (Å²) in [5.41, 5.74) is 2.80. The Kier molecular flexibility index (Phi) is 3.62. The van der Waals surface area contributed by atoms with Crippen LogP contribution in [0.5, 0.6) is 0 Å². The Morgan fingerprint density at radius 2 is 2.27 bits per heavy atom. The van der Waals surface area contributed by atoms with Gasteiger partial charge in [0.15, 0.2) is 0 Å². The summed E-state index contributed by atoms with van der Waals surface area (Å²) in [7, 11) is 1.81. The van der Waals surface area contributed by atoms with Crippen LogP contribution in [0.1, 0.15) is 30.2 Å². The van der Waals surface area contributed by atoms with Crippen LogP contribution in [0.3, 0.4) is 0 Å². The maximum Gasteiger partial charge on any atom is 0.224 e. The monoisotopic (exact) mass is 298 g/mol. The number of nitrogens with zero attached hydrogens (tertiary/aromatic N) is 4. The van der Waals surface area contributed by atoms with Crippen molar-refractivity contribution in [3.05, 3.63) is 41.7 Å². The number of H-pyrrole nitrogens is 1. The summed E-state index contributed by atoms with van der Waals surface area (Å²) in [6, 6.07) is 5.63. The molecule has 22 heavy (non-hydrogen) atoms. The third kappa shape index (κ3) is 2.83. The molecule has 114 valence electrons. The zero-order valence-corrected chi connectivity index (χ0v) is 12.8. The molecule has 3 rings (SSSR count). The lowest BCUT2D eigenvalue weighted by atomic mass is 10.1. The van der Waals surface area contributed by atoms with E-state index in [1.807, 2.05) is 32.0 Å². The molecule has 1 aromatic carbocycles. The van der Waals surface area contributed by atoms with Gasteiger partial charge in [0.2, 0.25) is 5.91 Å². The fraction of sp³-hybridized carbons (Fsp3) is 0.333. The van der Waals surface area contributed by atoms with Crippen molar-refractivity contribution < 1.29 is 4.79 Å². The molecule has 0 radical (unpaired) electrons. The fourth-order valence-corrected chi connectivity index (χ4v) is 2.53. The van der Waals surface area contributed by atoms with E-state index in [9.17, 15) is 4.79 Å². The molecule has 0 aliphatic rings. The smallest absolute Gasteiger partial charge is 0.224 e. The highest BCUT2D eigenvalue weighted by Gasteiger charge is 2.14. The number of fused-ring (bicyclic) bond motifs is 1. The van der Waals surface area contributed by atoms with E-state index in [0.717, 1.165) is 28.2 Å². The van der Waals surface area contributed by atoms with Crippen molar-refractivity contribution in [1.29, 1.82) is 0 Å². The normalized spacial score (nSPS) is 12.5. The van der Waals surface area contributed by atoms with Crippen LogP contribution < -0.4 is 5.32 Å². The summed E-state index contributed by atoms with van der Waals surface area (Å²) >= 11 is 0. The minimum atomic E-state index is -0.182. The summed E-state index contributed by atoms with van der Waals surface area (Å²) in [6.45, 7) is 3.80. The first-order valence-electron chi connectivity index (χ1n) is 7.11. The van der Waals surface area contributed by atoms with Gasteiger partial charge in [-0.25, -0.2) is 9.97 Å². The number of benzene rings is 1. The molecule has 7 heteroatoms. The van der Waals surface area contributed by atoms with E-state index < -0.39 is 0 Å². The zero-order valence-electron chi connectivity index (χ0n) is 12.8. The Labute approximate surface area is 127 Å². The van der Waals surface area contributed by atoms with Crippen LogP contribution in [0.4, 0.5) is 0 Å². The van der Waals surface area contributed by atoms with Crippen molar-refractivity contribution in [2.75, 3.05) is 0 Å². The van der Waals surface area contributed by atoms with Gasteiger partial charge >= 0.3 is 0 Å². The van der Waals surface area contributed by atoms with Crippen LogP contribution in [-0.2, 0) is 18.3 Å². The first-order valence-corrected chi connectivity index (χ1v) is 7.11. The molecule has 1 atom stereocenters.